The molecule has 6 heteroatoms. The molecule has 0 fully saturated rings. The zero-order valence-electron chi connectivity index (χ0n) is 15.6. The average molecular weight is 402 g/mol. The molecule has 0 heterocycles. The number of hydrazone groups is 1. The fourth-order valence-electron chi connectivity index (χ4n) is 3.07. The molecule has 5 nitrogen and oxygen atoms in total. The Morgan fingerprint density at radius 3 is 1.83 bits per heavy atom. The van der Waals surface area contributed by atoms with E-state index >= 15 is 0 Å². The number of hydrogen-bond donors (Lipinski definition) is 2. The van der Waals surface area contributed by atoms with Gasteiger partial charge in [-0.15, -0.1) is 17.5 Å². The van der Waals surface area contributed by atoms with E-state index in [0.29, 0.717) is 0 Å². The van der Waals surface area contributed by atoms with Gasteiger partial charge in [0.05, 0.1) is 12.4 Å². The Bertz CT molecular complexity index is 1200. The van der Waals surface area contributed by atoms with Crippen molar-refractivity contribution >= 4 is 52.3 Å². The van der Waals surface area contributed by atoms with Crippen molar-refractivity contribution < 1.29 is 0 Å². The third-order valence-electron chi connectivity index (χ3n) is 4.39. The summed E-state index contributed by atoms with van der Waals surface area (Å²) < 4.78 is 0. The van der Waals surface area contributed by atoms with Crippen LogP contribution in [0.15, 0.2) is 100 Å². The van der Waals surface area contributed by atoms with Crippen LogP contribution >= 0.6 is 12.4 Å². The van der Waals surface area contributed by atoms with Crippen LogP contribution in [0.25, 0.3) is 21.5 Å². The molecule has 4 rings (SSSR count). The number of benzene rings is 4. The van der Waals surface area contributed by atoms with Gasteiger partial charge in [-0.05, 0) is 21.5 Å². The summed E-state index contributed by atoms with van der Waals surface area (Å²) in [5.41, 5.74) is 10.5. The summed E-state index contributed by atoms with van der Waals surface area (Å²) in [6, 6.07) is 28.4. The lowest BCUT2D eigenvalue weighted by molar-refractivity contribution is 0.994. The van der Waals surface area contributed by atoms with Crippen molar-refractivity contribution in [1.29, 1.82) is 0 Å². The van der Waals surface area contributed by atoms with Gasteiger partial charge >= 0.3 is 0 Å². The van der Waals surface area contributed by atoms with E-state index < -0.39 is 0 Å². The zero-order chi connectivity index (χ0) is 19.2. The predicted molar refractivity (Wildman–Crippen MR) is 125 cm³/mol. The minimum Gasteiger partial charge on any atom is -0.367 e. The SMILES string of the molecule is Cl.N/C(=N\N=C\c1cccc2ccccc12)N/N=C/c1cccc2ccccc12. The Hall–Kier alpha value is -3.70. The van der Waals surface area contributed by atoms with Gasteiger partial charge in [0.15, 0.2) is 0 Å². The van der Waals surface area contributed by atoms with Crippen molar-refractivity contribution in [2.24, 2.45) is 21.0 Å². The van der Waals surface area contributed by atoms with E-state index in [2.05, 4.69) is 57.1 Å². The molecule has 0 spiro atoms. The molecule has 0 bridgehead atoms. The van der Waals surface area contributed by atoms with Gasteiger partial charge in [0.1, 0.15) is 0 Å². The summed E-state index contributed by atoms with van der Waals surface area (Å²) >= 11 is 0. The molecule has 0 amide bonds. The first kappa shape index (κ1) is 20.0. The average Bonchev–Trinajstić information content (AvgIpc) is 2.74. The van der Waals surface area contributed by atoms with Crippen LogP contribution < -0.4 is 11.2 Å². The van der Waals surface area contributed by atoms with Crippen LogP contribution in [0.4, 0.5) is 0 Å². The molecule has 4 aromatic carbocycles. The maximum atomic E-state index is 5.84. The minimum absolute atomic E-state index is 0. The minimum atomic E-state index is 0. The van der Waals surface area contributed by atoms with Gasteiger partial charge in [0, 0.05) is 11.1 Å². The second kappa shape index (κ2) is 9.48. The molecule has 0 atom stereocenters. The summed E-state index contributed by atoms with van der Waals surface area (Å²) in [5, 5.41) is 16.7. The molecule has 144 valence electrons. The van der Waals surface area contributed by atoms with E-state index in [9.17, 15) is 0 Å². The molecule has 0 saturated heterocycles. The fourth-order valence-corrected chi connectivity index (χ4v) is 3.07. The molecule has 3 N–H and O–H groups in total. The standard InChI is InChI=1S/C23H19N5.ClH/c24-23(27-25-15-19-11-5-9-17-7-1-3-13-21(17)19)28-26-16-20-12-6-10-18-8-2-4-14-22(18)20;/h1-16H,(H3,24,27,28);1H/b25-15+,26-16+;. The zero-order valence-corrected chi connectivity index (χ0v) is 16.4. The quantitative estimate of drug-likeness (QED) is 0.296. The van der Waals surface area contributed by atoms with Gasteiger partial charge < -0.3 is 5.73 Å². The van der Waals surface area contributed by atoms with E-state index in [1.807, 2.05) is 48.5 Å². The van der Waals surface area contributed by atoms with E-state index in [0.717, 1.165) is 32.7 Å². The van der Waals surface area contributed by atoms with Crippen molar-refractivity contribution in [1.82, 2.24) is 5.43 Å². The first-order valence-corrected chi connectivity index (χ1v) is 8.92. The summed E-state index contributed by atoms with van der Waals surface area (Å²) in [6.07, 6.45) is 3.41. The maximum absolute atomic E-state index is 5.84. The summed E-state index contributed by atoms with van der Waals surface area (Å²) in [6.45, 7) is 0. The van der Waals surface area contributed by atoms with Crippen molar-refractivity contribution in [3.05, 3.63) is 96.1 Å². The van der Waals surface area contributed by atoms with Crippen molar-refractivity contribution in [3.63, 3.8) is 0 Å². The molecule has 0 radical (unpaired) electrons. The second-order valence-corrected chi connectivity index (χ2v) is 6.24. The van der Waals surface area contributed by atoms with E-state index in [1.165, 1.54) is 0 Å². The maximum Gasteiger partial charge on any atom is 0.234 e. The highest BCUT2D eigenvalue weighted by molar-refractivity contribution is 6.01. The van der Waals surface area contributed by atoms with E-state index in [4.69, 9.17) is 5.73 Å². The number of halogens is 1. The molecule has 29 heavy (non-hydrogen) atoms. The van der Waals surface area contributed by atoms with Crippen LogP contribution in [-0.2, 0) is 0 Å². The number of rotatable bonds is 4. The lowest BCUT2D eigenvalue weighted by atomic mass is 10.1. The van der Waals surface area contributed by atoms with E-state index in [-0.39, 0.29) is 18.4 Å². The molecular formula is C23H20ClN5. The number of nitrogens with two attached hydrogens (primary N) is 1. The largest absolute Gasteiger partial charge is 0.367 e. The normalized spacial score (nSPS) is 11.9. The fraction of sp³-hybridized carbons (Fsp3) is 0. The molecule has 4 aromatic rings. The molecular weight excluding hydrogens is 382 g/mol. The highest BCUT2D eigenvalue weighted by Gasteiger charge is 1.98. The highest BCUT2D eigenvalue weighted by Crippen LogP contribution is 2.17. The summed E-state index contributed by atoms with van der Waals surface area (Å²) in [5.74, 6) is 0.118. The molecule has 0 aliphatic carbocycles. The van der Waals surface area contributed by atoms with Gasteiger partial charge in [0.2, 0.25) is 5.96 Å². The van der Waals surface area contributed by atoms with Crippen LogP contribution in [0.2, 0.25) is 0 Å². The van der Waals surface area contributed by atoms with Crippen LogP contribution in [0.1, 0.15) is 11.1 Å². The Balaban J connectivity index is 0.00000240. The van der Waals surface area contributed by atoms with Gasteiger partial charge in [-0.2, -0.15) is 10.2 Å². The molecule has 0 aliphatic heterocycles. The predicted octanol–water partition coefficient (Wildman–Crippen LogP) is 4.69. The monoisotopic (exact) mass is 401 g/mol. The molecule has 0 saturated carbocycles. The number of fused-ring (bicyclic) bond motifs is 2. The third-order valence-corrected chi connectivity index (χ3v) is 4.39. The number of guanidine groups is 1. The van der Waals surface area contributed by atoms with Crippen LogP contribution in [0, 0.1) is 0 Å². The van der Waals surface area contributed by atoms with Crippen LogP contribution in [-0.4, -0.2) is 18.4 Å². The molecule has 0 aliphatic rings. The van der Waals surface area contributed by atoms with E-state index in [1.54, 1.807) is 12.4 Å². The first-order valence-electron chi connectivity index (χ1n) is 8.92. The van der Waals surface area contributed by atoms with Crippen molar-refractivity contribution in [2.75, 3.05) is 0 Å². The topological polar surface area (TPSA) is 75.1 Å². The molecule has 0 unspecified atom stereocenters. The van der Waals surface area contributed by atoms with Crippen molar-refractivity contribution in [3.8, 4) is 0 Å². The van der Waals surface area contributed by atoms with Crippen LogP contribution in [0.5, 0.6) is 0 Å². The second-order valence-electron chi connectivity index (χ2n) is 6.24. The Kier molecular flexibility index (Phi) is 6.55. The lowest BCUT2D eigenvalue weighted by Crippen LogP contribution is -2.26. The van der Waals surface area contributed by atoms with Gasteiger partial charge in [-0.3, -0.25) is 0 Å². The Labute approximate surface area is 175 Å². The Morgan fingerprint density at radius 1 is 0.690 bits per heavy atom. The summed E-state index contributed by atoms with van der Waals surface area (Å²) in [4.78, 5) is 0. The summed E-state index contributed by atoms with van der Waals surface area (Å²) in [7, 11) is 0. The van der Waals surface area contributed by atoms with Gasteiger partial charge in [-0.1, -0.05) is 84.9 Å². The van der Waals surface area contributed by atoms with Gasteiger partial charge in [-0.25, -0.2) is 5.43 Å². The van der Waals surface area contributed by atoms with Crippen molar-refractivity contribution in [2.45, 2.75) is 0 Å². The van der Waals surface area contributed by atoms with Gasteiger partial charge in [0.25, 0.3) is 0 Å². The number of nitrogens with zero attached hydrogens (tertiary/aromatic N) is 3. The lowest BCUT2D eigenvalue weighted by Gasteiger charge is -2.02. The third kappa shape index (κ3) is 4.78. The number of hydrogen-bond acceptors (Lipinski definition) is 3. The highest BCUT2D eigenvalue weighted by atomic mass is 35.5. The smallest absolute Gasteiger partial charge is 0.234 e. The molecule has 0 aromatic heterocycles. The first-order chi connectivity index (χ1) is 13.8. The van der Waals surface area contributed by atoms with Crippen LogP contribution in [0.3, 0.4) is 0 Å². The number of nitrogens with one attached hydrogen (secondary N) is 1. The Morgan fingerprint density at radius 2 is 1.21 bits per heavy atom.